The van der Waals surface area contributed by atoms with Gasteiger partial charge in [0.25, 0.3) is 11.8 Å². The van der Waals surface area contributed by atoms with Crippen molar-refractivity contribution in [2.45, 2.75) is 38.8 Å². The molecule has 1 aliphatic heterocycles. The van der Waals surface area contributed by atoms with Crippen molar-refractivity contribution in [1.29, 1.82) is 0 Å². The summed E-state index contributed by atoms with van der Waals surface area (Å²) in [5.74, 6) is 0.337. The van der Waals surface area contributed by atoms with E-state index in [4.69, 9.17) is 13.9 Å². The topological polar surface area (TPSA) is 141 Å². The van der Waals surface area contributed by atoms with Gasteiger partial charge in [0.05, 0.1) is 30.5 Å². The standard InChI is InChI=1S/C36H38N6O6/c1-24-21-26-11-6-13-29(32(26)48-24)36(45)41-18-15-27-23-42(40-39-27)17-8-20-47-33-28(12-7-14-31(33)46-2)34(43)38-30(35(44)37-16-19-41)22-25-9-4-3-5-10-25/h3-7,9-14,21,23,30H,8,15-20,22H2,1-2H3,(H,37,44)(H,38,43)/t30-/m0/s1. The minimum Gasteiger partial charge on any atom is -0.493 e. The largest absolute Gasteiger partial charge is 0.493 e. The number of benzene rings is 3. The van der Waals surface area contributed by atoms with Crippen LogP contribution in [0.5, 0.6) is 11.5 Å². The highest BCUT2D eigenvalue weighted by atomic mass is 16.5. The summed E-state index contributed by atoms with van der Waals surface area (Å²) in [4.78, 5) is 43.1. The summed E-state index contributed by atoms with van der Waals surface area (Å²) in [6.45, 7) is 3.37. The molecule has 2 bridgehead atoms. The Morgan fingerprint density at radius 3 is 2.69 bits per heavy atom. The Kier molecular flexibility index (Phi) is 9.99. The molecule has 0 unspecified atom stereocenters. The van der Waals surface area contributed by atoms with E-state index in [1.807, 2.05) is 61.7 Å². The molecular weight excluding hydrogens is 612 g/mol. The predicted molar refractivity (Wildman–Crippen MR) is 178 cm³/mol. The van der Waals surface area contributed by atoms with Gasteiger partial charge in [-0.25, -0.2) is 0 Å². The average Bonchev–Trinajstić information content (AvgIpc) is 3.72. The number of furan rings is 1. The van der Waals surface area contributed by atoms with Gasteiger partial charge in [-0.3, -0.25) is 19.1 Å². The summed E-state index contributed by atoms with van der Waals surface area (Å²) in [7, 11) is 1.51. The number of carbonyl (C=O) groups is 3. The Morgan fingerprint density at radius 1 is 1.02 bits per heavy atom. The quantitative estimate of drug-likeness (QED) is 0.298. The Hall–Kier alpha value is -5.65. The van der Waals surface area contributed by atoms with Crippen LogP contribution in [0.25, 0.3) is 11.0 Å². The Labute approximate surface area is 278 Å². The molecule has 1 atom stereocenters. The molecule has 0 radical (unpaired) electrons. The van der Waals surface area contributed by atoms with Crippen molar-refractivity contribution in [3.05, 3.63) is 107 Å². The lowest BCUT2D eigenvalue weighted by atomic mass is 10.0. The van der Waals surface area contributed by atoms with Crippen LogP contribution >= 0.6 is 0 Å². The Bertz CT molecular complexity index is 1900. The summed E-state index contributed by atoms with van der Waals surface area (Å²) < 4.78 is 19.2. The molecule has 0 fully saturated rings. The maximum absolute atomic E-state index is 14.0. The Morgan fingerprint density at radius 2 is 1.85 bits per heavy atom. The molecule has 0 aliphatic carbocycles. The minimum absolute atomic E-state index is 0.152. The van der Waals surface area contributed by atoms with Gasteiger partial charge in [0.15, 0.2) is 11.5 Å². The van der Waals surface area contributed by atoms with Gasteiger partial charge in [0, 0.05) is 57.0 Å². The van der Waals surface area contributed by atoms with E-state index < -0.39 is 11.9 Å². The molecule has 0 saturated heterocycles. The van der Waals surface area contributed by atoms with E-state index in [1.165, 1.54) is 7.11 Å². The van der Waals surface area contributed by atoms with E-state index in [9.17, 15) is 14.4 Å². The van der Waals surface area contributed by atoms with Gasteiger partial charge in [0.2, 0.25) is 5.91 Å². The number of nitrogens with one attached hydrogen (secondary N) is 2. The van der Waals surface area contributed by atoms with Crippen LogP contribution in [0.15, 0.2) is 83.4 Å². The lowest BCUT2D eigenvalue weighted by Crippen LogP contribution is -2.50. The van der Waals surface area contributed by atoms with Gasteiger partial charge in [-0.1, -0.05) is 53.7 Å². The summed E-state index contributed by atoms with van der Waals surface area (Å²) in [6, 6.07) is 21.0. The molecule has 48 heavy (non-hydrogen) atoms. The number of para-hydroxylation sites is 2. The van der Waals surface area contributed by atoms with Crippen molar-refractivity contribution < 1.29 is 28.3 Å². The van der Waals surface area contributed by atoms with Gasteiger partial charge >= 0.3 is 0 Å². The van der Waals surface area contributed by atoms with Crippen molar-refractivity contribution in [3.63, 3.8) is 0 Å². The van der Waals surface area contributed by atoms with E-state index in [-0.39, 0.29) is 43.5 Å². The zero-order valence-electron chi connectivity index (χ0n) is 27.0. The molecule has 3 amide bonds. The van der Waals surface area contributed by atoms with Crippen molar-refractivity contribution in [2.24, 2.45) is 0 Å². The number of rotatable bonds is 4. The van der Waals surface area contributed by atoms with Crippen molar-refractivity contribution in [1.82, 2.24) is 30.5 Å². The number of nitrogens with zero attached hydrogens (tertiary/aromatic N) is 4. The van der Waals surface area contributed by atoms with Crippen LogP contribution in [0.2, 0.25) is 0 Å². The monoisotopic (exact) mass is 650 g/mol. The minimum atomic E-state index is -0.904. The highest BCUT2D eigenvalue weighted by molar-refractivity contribution is 6.05. The van der Waals surface area contributed by atoms with Crippen LogP contribution in [0, 0.1) is 6.92 Å². The number of carbonyl (C=O) groups excluding carboxylic acids is 3. The number of hydrogen-bond donors (Lipinski definition) is 2. The second-order valence-electron chi connectivity index (χ2n) is 11.6. The smallest absolute Gasteiger partial charge is 0.257 e. The van der Waals surface area contributed by atoms with Crippen LogP contribution in [0.4, 0.5) is 0 Å². The van der Waals surface area contributed by atoms with Gasteiger partial charge in [-0.05, 0) is 36.8 Å². The van der Waals surface area contributed by atoms with Crippen LogP contribution in [-0.2, 0) is 24.2 Å². The van der Waals surface area contributed by atoms with Crippen LogP contribution in [-0.4, -0.2) is 77.0 Å². The fourth-order valence-electron chi connectivity index (χ4n) is 5.79. The summed E-state index contributed by atoms with van der Waals surface area (Å²) >= 11 is 0. The van der Waals surface area contributed by atoms with Crippen molar-refractivity contribution >= 4 is 28.7 Å². The maximum Gasteiger partial charge on any atom is 0.257 e. The number of ether oxygens (including phenoxy) is 2. The maximum atomic E-state index is 14.0. The second-order valence-corrected chi connectivity index (χ2v) is 11.6. The third-order valence-electron chi connectivity index (χ3n) is 8.22. The zero-order chi connectivity index (χ0) is 33.5. The van der Waals surface area contributed by atoms with Crippen LogP contribution in [0.3, 0.4) is 0 Å². The molecule has 3 heterocycles. The van der Waals surface area contributed by atoms with Crippen molar-refractivity contribution in [2.75, 3.05) is 33.4 Å². The Balaban J connectivity index is 1.29. The lowest BCUT2D eigenvalue weighted by Gasteiger charge is -2.24. The van der Waals surface area contributed by atoms with E-state index in [2.05, 4.69) is 20.9 Å². The molecule has 0 saturated carbocycles. The van der Waals surface area contributed by atoms with Crippen LogP contribution in [0.1, 0.15) is 44.2 Å². The van der Waals surface area contributed by atoms with Gasteiger partial charge in [-0.2, -0.15) is 0 Å². The molecule has 12 nitrogen and oxygen atoms in total. The summed E-state index contributed by atoms with van der Waals surface area (Å²) in [5, 5.41) is 15.3. The number of fused-ring (bicyclic) bond motifs is 4. The van der Waals surface area contributed by atoms with Crippen molar-refractivity contribution in [3.8, 4) is 11.5 Å². The van der Waals surface area contributed by atoms with Gasteiger partial charge in [-0.15, -0.1) is 5.10 Å². The summed E-state index contributed by atoms with van der Waals surface area (Å²) in [5.41, 5.74) is 2.82. The number of methoxy groups -OCH3 is 1. The fourth-order valence-corrected chi connectivity index (χ4v) is 5.79. The van der Waals surface area contributed by atoms with E-state index in [0.29, 0.717) is 54.3 Å². The molecule has 5 aromatic rings. The first kappa shape index (κ1) is 32.3. The normalized spacial score (nSPS) is 16.5. The van der Waals surface area contributed by atoms with E-state index >= 15 is 0 Å². The summed E-state index contributed by atoms with van der Waals surface area (Å²) in [6.07, 6.45) is 3.15. The first-order chi connectivity index (χ1) is 23.4. The number of hydrogen-bond acceptors (Lipinski definition) is 8. The molecule has 3 aromatic carbocycles. The first-order valence-corrected chi connectivity index (χ1v) is 16.0. The third kappa shape index (κ3) is 7.49. The highest BCUT2D eigenvalue weighted by Gasteiger charge is 2.26. The van der Waals surface area contributed by atoms with Gasteiger partial charge < -0.3 is 29.4 Å². The van der Waals surface area contributed by atoms with Crippen LogP contribution < -0.4 is 20.1 Å². The van der Waals surface area contributed by atoms with E-state index in [1.54, 1.807) is 33.8 Å². The zero-order valence-corrected chi connectivity index (χ0v) is 27.0. The molecule has 6 rings (SSSR count). The molecule has 0 spiro atoms. The first-order valence-electron chi connectivity index (χ1n) is 16.0. The fraction of sp³-hybridized carbons (Fsp3) is 0.306. The third-order valence-corrected chi connectivity index (χ3v) is 8.22. The highest BCUT2D eigenvalue weighted by Crippen LogP contribution is 2.31. The average molecular weight is 651 g/mol. The van der Waals surface area contributed by atoms with E-state index in [0.717, 1.165) is 16.6 Å². The van der Waals surface area contributed by atoms with Gasteiger partial charge in [0.1, 0.15) is 17.4 Å². The molecule has 1 aliphatic rings. The molecule has 2 N–H and O–H groups in total. The molecule has 248 valence electrons. The molecule has 2 aromatic heterocycles. The number of aryl methyl sites for hydroxylation is 2. The SMILES string of the molecule is COc1cccc2c1OCCCn1cc(nn1)CCN(C(=O)c1cccc3cc(C)oc13)CCNC(=O)[C@H](Cc1ccccc1)NC2=O. The lowest BCUT2D eigenvalue weighted by molar-refractivity contribution is -0.123. The number of aromatic nitrogens is 3. The molecule has 12 heteroatoms. The second kappa shape index (κ2) is 14.8. The molecular formula is C36H38N6O6. The number of amides is 3. The predicted octanol–water partition coefficient (Wildman–Crippen LogP) is 3.97.